The Hall–Kier alpha value is -4.05. The normalized spacial score (nSPS) is 11.3. The molecule has 3 aromatic rings. The van der Waals surface area contributed by atoms with Gasteiger partial charge in [-0.3, -0.25) is 14.9 Å². The molecule has 9 nitrogen and oxygen atoms in total. The molecule has 0 aliphatic carbocycles. The van der Waals surface area contributed by atoms with Gasteiger partial charge in [-0.15, -0.1) is 0 Å². The van der Waals surface area contributed by atoms with Crippen LogP contribution in [0.4, 0.5) is 5.69 Å². The smallest absolute Gasteiger partial charge is 0.339 e. The summed E-state index contributed by atoms with van der Waals surface area (Å²) >= 11 is 0. The summed E-state index contributed by atoms with van der Waals surface area (Å²) in [6.07, 6.45) is 1.24. The molecule has 0 bridgehead atoms. The van der Waals surface area contributed by atoms with Crippen LogP contribution in [0.3, 0.4) is 0 Å². The van der Waals surface area contributed by atoms with Gasteiger partial charge in [-0.2, -0.15) is 13.5 Å². The maximum absolute atomic E-state index is 12.5. The van der Waals surface area contributed by atoms with Crippen LogP contribution in [0.5, 0.6) is 5.75 Å². The van der Waals surface area contributed by atoms with Crippen molar-refractivity contribution < 1.29 is 22.3 Å². The first-order valence-electron chi connectivity index (χ1n) is 9.40. The Kier molecular flexibility index (Phi) is 6.96. The third-order valence-corrected chi connectivity index (χ3v) is 5.58. The molecular weight excluding hydrogens is 434 g/mol. The number of hydrogen-bond donors (Lipinski definition) is 1. The number of nitrogens with zero attached hydrogens (tertiary/aromatic N) is 2. The molecule has 0 fully saturated rings. The highest BCUT2D eigenvalue weighted by molar-refractivity contribution is 7.87. The number of benzene rings is 3. The molecule has 0 saturated heterocycles. The molecule has 0 aromatic heterocycles. The molecule has 0 atom stereocenters. The number of nitro groups is 1. The molecule has 0 heterocycles. The zero-order chi connectivity index (χ0) is 23.1. The van der Waals surface area contributed by atoms with Crippen molar-refractivity contribution in [3.05, 3.63) is 99.6 Å². The van der Waals surface area contributed by atoms with Crippen LogP contribution in [0.1, 0.15) is 16.7 Å². The van der Waals surface area contributed by atoms with Gasteiger partial charge in [-0.1, -0.05) is 42.0 Å². The number of nitrogens with one attached hydrogen (secondary N) is 1. The molecule has 0 spiro atoms. The van der Waals surface area contributed by atoms with E-state index in [4.69, 9.17) is 4.18 Å². The van der Waals surface area contributed by atoms with E-state index in [2.05, 4.69) is 10.5 Å². The van der Waals surface area contributed by atoms with Gasteiger partial charge in [0, 0.05) is 17.7 Å². The predicted molar refractivity (Wildman–Crippen MR) is 118 cm³/mol. The molecule has 3 rings (SSSR count). The zero-order valence-electron chi connectivity index (χ0n) is 17.0. The van der Waals surface area contributed by atoms with E-state index < -0.39 is 20.9 Å². The highest BCUT2D eigenvalue weighted by Crippen LogP contribution is 2.22. The first kappa shape index (κ1) is 22.6. The lowest BCUT2D eigenvalue weighted by Crippen LogP contribution is -2.19. The second-order valence-electron chi connectivity index (χ2n) is 6.78. The average molecular weight is 453 g/mol. The van der Waals surface area contributed by atoms with E-state index in [1.54, 1.807) is 30.3 Å². The second-order valence-corrected chi connectivity index (χ2v) is 8.33. The topological polar surface area (TPSA) is 128 Å². The quantitative estimate of drug-likeness (QED) is 0.241. The summed E-state index contributed by atoms with van der Waals surface area (Å²) in [6, 6.07) is 18.2. The van der Waals surface area contributed by atoms with E-state index in [0.717, 1.165) is 5.56 Å². The second kappa shape index (κ2) is 9.84. The number of carbonyl (C=O) groups is 1. The summed E-state index contributed by atoms with van der Waals surface area (Å²) in [5, 5.41) is 14.5. The minimum atomic E-state index is -4.04. The number of hydrogen-bond acceptors (Lipinski definition) is 7. The third-order valence-electron chi connectivity index (χ3n) is 4.33. The van der Waals surface area contributed by atoms with Crippen molar-refractivity contribution in [1.82, 2.24) is 5.43 Å². The molecule has 0 aliphatic heterocycles. The van der Waals surface area contributed by atoms with Gasteiger partial charge in [0.25, 0.3) is 5.69 Å². The van der Waals surface area contributed by atoms with Crippen molar-refractivity contribution in [2.24, 2.45) is 5.10 Å². The maximum Gasteiger partial charge on any atom is 0.339 e. The minimum absolute atomic E-state index is 0.0197. The number of aryl methyl sites for hydroxylation is 1. The van der Waals surface area contributed by atoms with E-state index in [1.165, 1.54) is 48.7 Å². The fraction of sp³-hybridized carbons (Fsp3) is 0.0909. The highest BCUT2D eigenvalue weighted by Gasteiger charge is 2.18. The average Bonchev–Trinajstić information content (AvgIpc) is 2.75. The monoisotopic (exact) mass is 453 g/mol. The number of nitro benzene ring substituents is 1. The minimum Gasteiger partial charge on any atom is -0.378 e. The number of rotatable bonds is 8. The Morgan fingerprint density at radius 1 is 1.06 bits per heavy atom. The van der Waals surface area contributed by atoms with E-state index >= 15 is 0 Å². The zero-order valence-corrected chi connectivity index (χ0v) is 17.8. The van der Waals surface area contributed by atoms with Gasteiger partial charge in [0.2, 0.25) is 5.91 Å². The predicted octanol–water partition coefficient (Wildman–Crippen LogP) is 3.36. The standard InChI is InChI=1S/C22H19N3O6S/c1-16-6-12-20(13-7-16)32(29,30)31-21-5-3-2-4-18(21)15-23-24-22(26)14-17-8-10-19(11-9-17)25(27)28/h2-13,15H,14H2,1H3,(H,24,26). The lowest BCUT2D eigenvalue weighted by molar-refractivity contribution is -0.384. The molecule has 164 valence electrons. The van der Waals surface area contributed by atoms with Crippen molar-refractivity contribution in [2.45, 2.75) is 18.2 Å². The van der Waals surface area contributed by atoms with Gasteiger partial charge < -0.3 is 4.18 Å². The fourth-order valence-electron chi connectivity index (χ4n) is 2.67. The molecule has 0 aliphatic rings. The van der Waals surface area contributed by atoms with Gasteiger partial charge in [0.1, 0.15) is 4.90 Å². The van der Waals surface area contributed by atoms with Crippen molar-refractivity contribution in [1.29, 1.82) is 0 Å². The first-order chi connectivity index (χ1) is 15.2. The molecule has 0 saturated carbocycles. The largest absolute Gasteiger partial charge is 0.378 e. The van der Waals surface area contributed by atoms with Gasteiger partial charge in [0.15, 0.2) is 5.75 Å². The third kappa shape index (κ3) is 5.99. The number of non-ortho nitro benzene ring substituents is 1. The summed E-state index contributed by atoms with van der Waals surface area (Å²) in [5.74, 6) is -0.387. The Labute approximate surface area is 184 Å². The summed E-state index contributed by atoms with van der Waals surface area (Å²) in [5.41, 5.74) is 4.11. The van der Waals surface area contributed by atoms with Crippen LogP contribution in [0.15, 0.2) is 82.8 Å². The SMILES string of the molecule is Cc1ccc(S(=O)(=O)Oc2ccccc2C=NNC(=O)Cc2ccc([N+](=O)[O-])cc2)cc1. The number of amides is 1. The van der Waals surface area contributed by atoms with Crippen LogP contribution in [0.2, 0.25) is 0 Å². The van der Waals surface area contributed by atoms with Crippen molar-refractivity contribution in [3.63, 3.8) is 0 Å². The molecular formula is C22H19N3O6S. The van der Waals surface area contributed by atoms with Gasteiger partial charge in [0.05, 0.1) is 17.6 Å². The maximum atomic E-state index is 12.5. The summed E-state index contributed by atoms with van der Waals surface area (Å²) in [4.78, 5) is 22.2. The van der Waals surface area contributed by atoms with E-state index in [0.29, 0.717) is 11.1 Å². The van der Waals surface area contributed by atoms with Crippen LogP contribution in [-0.4, -0.2) is 25.5 Å². The van der Waals surface area contributed by atoms with Crippen molar-refractivity contribution in [3.8, 4) is 5.75 Å². The van der Waals surface area contributed by atoms with Crippen LogP contribution < -0.4 is 9.61 Å². The first-order valence-corrected chi connectivity index (χ1v) is 10.8. The fourth-order valence-corrected chi connectivity index (χ4v) is 3.62. The molecule has 32 heavy (non-hydrogen) atoms. The van der Waals surface area contributed by atoms with Gasteiger partial charge >= 0.3 is 10.1 Å². The molecule has 3 aromatic carbocycles. The summed E-state index contributed by atoms with van der Waals surface area (Å²) < 4.78 is 30.3. The van der Waals surface area contributed by atoms with Gasteiger partial charge in [-0.25, -0.2) is 5.43 Å². The van der Waals surface area contributed by atoms with Crippen molar-refractivity contribution >= 4 is 27.9 Å². The Morgan fingerprint density at radius 2 is 1.72 bits per heavy atom. The molecule has 1 N–H and O–H groups in total. The molecule has 1 amide bonds. The van der Waals surface area contributed by atoms with Gasteiger partial charge in [-0.05, 0) is 36.8 Å². The number of carbonyl (C=O) groups excluding carboxylic acids is 1. The van der Waals surface area contributed by atoms with Crippen LogP contribution in [0.25, 0.3) is 0 Å². The Bertz CT molecular complexity index is 1250. The van der Waals surface area contributed by atoms with E-state index in [-0.39, 0.29) is 22.8 Å². The van der Waals surface area contributed by atoms with Crippen LogP contribution in [0, 0.1) is 17.0 Å². The van der Waals surface area contributed by atoms with Crippen LogP contribution >= 0.6 is 0 Å². The molecule has 10 heteroatoms. The number of para-hydroxylation sites is 1. The van der Waals surface area contributed by atoms with Crippen LogP contribution in [-0.2, 0) is 21.3 Å². The van der Waals surface area contributed by atoms with Crippen molar-refractivity contribution in [2.75, 3.05) is 0 Å². The van der Waals surface area contributed by atoms with E-state index in [1.807, 2.05) is 6.92 Å². The lowest BCUT2D eigenvalue weighted by Gasteiger charge is -2.09. The van der Waals surface area contributed by atoms with E-state index in [9.17, 15) is 23.3 Å². The molecule has 0 radical (unpaired) electrons. The Balaban J connectivity index is 1.66. The lowest BCUT2D eigenvalue weighted by atomic mass is 10.1. The molecule has 0 unspecified atom stereocenters. The number of hydrazone groups is 1. The summed E-state index contributed by atoms with van der Waals surface area (Å²) in [6.45, 7) is 1.85. The highest BCUT2D eigenvalue weighted by atomic mass is 32.2. The Morgan fingerprint density at radius 3 is 2.38 bits per heavy atom. The summed E-state index contributed by atoms with van der Waals surface area (Å²) in [7, 11) is -4.04.